The average Bonchev–Trinajstić information content (AvgIpc) is 3.11. The Morgan fingerprint density at radius 1 is 1.00 bits per heavy atom. The highest BCUT2D eigenvalue weighted by atomic mass is 32.2. The van der Waals surface area contributed by atoms with Crippen molar-refractivity contribution in [2.75, 3.05) is 6.26 Å². The van der Waals surface area contributed by atoms with Crippen LogP contribution in [-0.2, 0) is 11.2 Å². The van der Waals surface area contributed by atoms with Gasteiger partial charge in [-0.2, -0.15) is 0 Å². The lowest BCUT2D eigenvalue weighted by molar-refractivity contribution is -0.117. The number of hydrogen-bond donors (Lipinski definition) is 0. The lowest BCUT2D eigenvalue weighted by Crippen LogP contribution is -2.51. The third-order valence-corrected chi connectivity index (χ3v) is 9.89. The number of ketones is 1. The van der Waals surface area contributed by atoms with Crippen molar-refractivity contribution in [2.45, 2.75) is 76.0 Å². The summed E-state index contributed by atoms with van der Waals surface area (Å²) in [7, 11) is 0. The van der Waals surface area contributed by atoms with Gasteiger partial charge in [0, 0.05) is 11.3 Å². The fourth-order valence-corrected chi connectivity index (χ4v) is 8.20. The number of thioether (sulfide) groups is 1. The number of hydrogen-bond acceptors (Lipinski definition) is 2. The molecule has 1 aromatic rings. The van der Waals surface area contributed by atoms with Gasteiger partial charge in [0.2, 0.25) is 0 Å². The third kappa shape index (κ3) is 2.93. The van der Waals surface area contributed by atoms with Crippen molar-refractivity contribution < 1.29 is 4.79 Å². The minimum Gasteiger partial charge on any atom is -0.295 e. The largest absolute Gasteiger partial charge is 0.295 e. The Labute approximate surface area is 174 Å². The Morgan fingerprint density at radius 3 is 2.61 bits per heavy atom. The first-order chi connectivity index (χ1) is 13.5. The Morgan fingerprint density at radius 2 is 1.82 bits per heavy atom. The Bertz CT molecular complexity index is 793. The number of fused-ring (bicyclic) bond motifs is 5. The number of carbonyl (C=O) groups is 1. The zero-order chi connectivity index (χ0) is 19.4. The van der Waals surface area contributed by atoms with Gasteiger partial charge in [-0.05, 0) is 110 Å². The first-order valence-electron chi connectivity index (χ1n) is 11.4. The molecule has 3 fully saturated rings. The number of benzene rings is 1. The molecule has 0 spiro atoms. The summed E-state index contributed by atoms with van der Waals surface area (Å²) in [4.78, 5) is 13.7. The van der Waals surface area contributed by atoms with Gasteiger partial charge in [-0.15, -0.1) is 11.8 Å². The fourth-order valence-electron chi connectivity index (χ4n) is 7.79. The summed E-state index contributed by atoms with van der Waals surface area (Å²) < 4.78 is 0. The SMILES string of the molecule is CSc1ccc(C[C@]23CCC(=O)C=C2CC[C@@H]2[C@H]3CC[C@]3(C)CCC[C@@H]23)cc1. The second kappa shape index (κ2) is 7.04. The molecule has 0 saturated heterocycles. The monoisotopic (exact) mass is 394 g/mol. The number of carbonyl (C=O) groups excluding carboxylic acids is 1. The van der Waals surface area contributed by atoms with Crippen molar-refractivity contribution in [1.29, 1.82) is 0 Å². The van der Waals surface area contributed by atoms with Gasteiger partial charge in [0.1, 0.15) is 0 Å². The van der Waals surface area contributed by atoms with Crippen molar-refractivity contribution in [2.24, 2.45) is 28.6 Å². The average molecular weight is 395 g/mol. The number of rotatable bonds is 3. The molecule has 0 N–H and O–H groups in total. The van der Waals surface area contributed by atoms with E-state index in [2.05, 4.69) is 43.5 Å². The summed E-state index contributed by atoms with van der Waals surface area (Å²) in [5.41, 5.74) is 3.84. The van der Waals surface area contributed by atoms with E-state index >= 15 is 0 Å². The predicted octanol–water partition coefficient (Wildman–Crippen LogP) is 6.85. The van der Waals surface area contributed by atoms with Crippen LogP contribution in [0.3, 0.4) is 0 Å². The van der Waals surface area contributed by atoms with Crippen molar-refractivity contribution in [3.63, 3.8) is 0 Å². The second-order valence-electron chi connectivity index (χ2n) is 10.3. The Balaban J connectivity index is 1.52. The normalized spacial score (nSPS) is 39.7. The van der Waals surface area contributed by atoms with Crippen LogP contribution in [0.4, 0.5) is 0 Å². The summed E-state index contributed by atoms with van der Waals surface area (Å²) in [5.74, 6) is 2.98. The summed E-state index contributed by atoms with van der Waals surface area (Å²) in [6.45, 7) is 2.59. The van der Waals surface area contributed by atoms with E-state index in [4.69, 9.17) is 0 Å². The molecule has 0 bridgehead atoms. The smallest absolute Gasteiger partial charge is 0.155 e. The summed E-state index contributed by atoms with van der Waals surface area (Å²) in [6, 6.07) is 9.26. The van der Waals surface area contributed by atoms with Gasteiger partial charge < -0.3 is 0 Å². The van der Waals surface area contributed by atoms with Crippen LogP contribution < -0.4 is 0 Å². The van der Waals surface area contributed by atoms with Crippen LogP contribution in [0.2, 0.25) is 0 Å². The molecule has 4 aliphatic carbocycles. The highest BCUT2D eigenvalue weighted by Crippen LogP contribution is 2.66. The maximum Gasteiger partial charge on any atom is 0.155 e. The summed E-state index contributed by atoms with van der Waals surface area (Å²) in [6.07, 6.45) is 16.9. The van der Waals surface area contributed by atoms with Gasteiger partial charge >= 0.3 is 0 Å². The molecule has 5 rings (SSSR count). The van der Waals surface area contributed by atoms with Gasteiger partial charge in [0.25, 0.3) is 0 Å². The third-order valence-electron chi connectivity index (χ3n) is 9.15. The molecular formula is C26H34OS. The minimum absolute atomic E-state index is 0.252. The van der Waals surface area contributed by atoms with Gasteiger partial charge in [0.15, 0.2) is 5.78 Å². The van der Waals surface area contributed by atoms with Crippen LogP contribution in [0.25, 0.3) is 0 Å². The second-order valence-corrected chi connectivity index (χ2v) is 11.2. The van der Waals surface area contributed by atoms with Crippen LogP contribution in [0.15, 0.2) is 40.8 Å². The molecule has 1 aromatic carbocycles. The van der Waals surface area contributed by atoms with E-state index in [0.717, 1.165) is 37.0 Å². The van der Waals surface area contributed by atoms with Crippen LogP contribution >= 0.6 is 11.8 Å². The predicted molar refractivity (Wildman–Crippen MR) is 118 cm³/mol. The van der Waals surface area contributed by atoms with Crippen molar-refractivity contribution >= 4 is 17.5 Å². The Hall–Kier alpha value is -1.02. The first-order valence-corrected chi connectivity index (χ1v) is 12.6. The highest BCUT2D eigenvalue weighted by molar-refractivity contribution is 7.98. The van der Waals surface area contributed by atoms with Crippen LogP contribution in [0.1, 0.15) is 70.3 Å². The van der Waals surface area contributed by atoms with Crippen molar-refractivity contribution in [3.8, 4) is 0 Å². The molecule has 0 aromatic heterocycles. The fraction of sp³-hybridized carbons (Fsp3) is 0.654. The summed E-state index contributed by atoms with van der Waals surface area (Å²) in [5, 5.41) is 0. The maximum absolute atomic E-state index is 12.3. The van der Waals surface area contributed by atoms with Crippen LogP contribution in [0.5, 0.6) is 0 Å². The topological polar surface area (TPSA) is 17.1 Å². The van der Waals surface area contributed by atoms with Gasteiger partial charge in [-0.25, -0.2) is 0 Å². The van der Waals surface area contributed by atoms with Crippen molar-refractivity contribution in [1.82, 2.24) is 0 Å². The van der Waals surface area contributed by atoms with Crippen LogP contribution in [-0.4, -0.2) is 12.0 Å². The Kier molecular flexibility index (Phi) is 4.77. The molecule has 0 radical (unpaired) electrons. The van der Waals surface area contributed by atoms with E-state index in [1.807, 2.05) is 11.8 Å². The molecule has 2 heteroatoms. The molecule has 0 aliphatic heterocycles. The standard InChI is InChI=1S/C26H34OS/c1-25-13-3-4-23(25)22-10-7-19-16-20(27)11-15-26(19,24(22)12-14-25)17-18-5-8-21(28-2)9-6-18/h5-6,8-9,16,22-24H,3-4,7,10-15,17H2,1-2H3/t22-,23-,24+,25-,26+/m0/s1. The molecule has 0 heterocycles. The van der Waals surface area contributed by atoms with E-state index in [-0.39, 0.29) is 5.41 Å². The lowest BCUT2D eigenvalue weighted by atomic mass is 9.46. The van der Waals surface area contributed by atoms with Gasteiger partial charge in [-0.1, -0.05) is 31.1 Å². The van der Waals surface area contributed by atoms with Crippen molar-refractivity contribution in [3.05, 3.63) is 41.5 Å². The zero-order valence-electron chi connectivity index (χ0n) is 17.5. The van der Waals surface area contributed by atoms with Gasteiger partial charge in [-0.3, -0.25) is 4.79 Å². The highest BCUT2D eigenvalue weighted by Gasteiger charge is 2.57. The van der Waals surface area contributed by atoms with E-state index in [0.29, 0.717) is 11.2 Å². The molecule has 150 valence electrons. The molecule has 0 amide bonds. The summed E-state index contributed by atoms with van der Waals surface area (Å²) >= 11 is 1.82. The zero-order valence-corrected chi connectivity index (χ0v) is 18.3. The minimum atomic E-state index is 0.252. The molecule has 1 nitrogen and oxygen atoms in total. The molecule has 3 saturated carbocycles. The quantitative estimate of drug-likeness (QED) is 0.521. The molecule has 5 atom stereocenters. The molecule has 28 heavy (non-hydrogen) atoms. The molecular weight excluding hydrogens is 360 g/mol. The van der Waals surface area contributed by atoms with Crippen LogP contribution in [0, 0.1) is 28.6 Å². The van der Waals surface area contributed by atoms with Gasteiger partial charge in [0.05, 0.1) is 0 Å². The van der Waals surface area contributed by atoms with E-state index in [9.17, 15) is 4.79 Å². The number of allylic oxidation sites excluding steroid dienone is 1. The molecule has 4 aliphatic rings. The van der Waals surface area contributed by atoms with E-state index < -0.39 is 0 Å². The lowest BCUT2D eigenvalue weighted by Gasteiger charge is -2.58. The first kappa shape index (κ1) is 19.0. The van der Waals surface area contributed by atoms with E-state index in [1.165, 1.54) is 61.0 Å². The molecule has 0 unspecified atom stereocenters. The van der Waals surface area contributed by atoms with E-state index in [1.54, 1.807) is 0 Å². The maximum atomic E-state index is 12.3.